The van der Waals surface area contributed by atoms with Crippen molar-refractivity contribution in [1.82, 2.24) is 5.32 Å². The van der Waals surface area contributed by atoms with Gasteiger partial charge in [-0.1, -0.05) is 13.3 Å². The van der Waals surface area contributed by atoms with E-state index < -0.39 is 0 Å². The van der Waals surface area contributed by atoms with Crippen molar-refractivity contribution in [2.24, 2.45) is 0 Å². The van der Waals surface area contributed by atoms with Crippen molar-refractivity contribution >= 4 is 11.8 Å². The lowest BCUT2D eigenvalue weighted by Crippen LogP contribution is -2.18. The van der Waals surface area contributed by atoms with Gasteiger partial charge in [0.1, 0.15) is 0 Å². The zero-order valence-corrected chi connectivity index (χ0v) is 10.5. The summed E-state index contributed by atoms with van der Waals surface area (Å²) in [5.41, 5.74) is 0. The van der Waals surface area contributed by atoms with Gasteiger partial charge in [-0.3, -0.25) is 0 Å². The largest absolute Gasteiger partial charge is 0.381 e. The molecule has 0 rings (SSSR count). The van der Waals surface area contributed by atoms with Crippen LogP contribution in [0.5, 0.6) is 0 Å². The third kappa shape index (κ3) is 12.3. The Morgan fingerprint density at radius 3 is 2.50 bits per heavy atom. The molecule has 1 N–H and O–H groups in total. The van der Waals surface area contributed by atoms with E-state index in [2.05, 4.69) is 18.5 Å². The van der Waals surface area contributed by atoms with Crippen LogP contribution in [-0.2, 0) is 4.74 Å². The van der Waals surface area contributed by atoms with Crippen molar-refractivity contribution in [2.75, 3.05) is 38.3 Å². The molecule has 3 heteroatoms. The van der Waals surface area contributed by atoms with Crippen LogP contribution in [0.15, 0.2) is 0 Å². The number of nitrogens with one attached hydrogen (secondary N) is 1. The maximum Gasteiger partial charge on any atom is 0.0478 e. The fourth-order valence-corrected chi connectivity index (χ4v) is 1.55. The van der Waals surface area contributed by atoms with Gasteiger partial charge >= 0.3 is 0 Å². The predicted octanol–water partition coefficient (Wildman–Crippen LogP) is 2.54. The highest BCUT2D eigenvalue weighted by Crippen LogP contribution is 1.93. The highest BCUT2D eigenvalue weighted by atomic mass is 32.2. The topological polar surface area (TPSA) is 21.3 Å². The summed E-state index contributed by atoms with van der Waals surface area (Å²) in [5.74, 6) is 1.26. The van der Waals surface area contributed by atoms with Crippen LogP contribution >= 0.6 is 11.8 Å². The van der Waals surface area contributed by atoms with Crippen LogP contribution in [0, 0.1) is 0 Å². The number of hydrogen-bond donors (Lipinski definition) is 1. The van der Waals surface area contributed by atoms with Crippen molar-refractivity contribution < 1.29 is 4.74 Å². The highest BCUT2D eigenvalue weighted by Gasteiger charge is 1.89. The van der Waals surface area contributed by atoms with Crippen molar-refractivity contribution in [2.45, 2.75) is 32.6 Å². The van der Waals surface area contributed by atoms with Gasteiger partial charge < -0.3 is 10.1 Å². The van der Waals surface area contributed by atoms with Crippen LogP contribution in [0.2, 0.25) is 0 Å². The minimum Gasteiger partial charge on any atom is -0.381 e. The summed E-state index contributed by atoms with van der Waals surface area (Å²) < 4.78 is 5.46. The molecule has 0 bridgehead atoms. The molecule has 0 saturated carbocycles. The Morgan fingerprint density at radius 1 is 1.07 bits per heavy atom. The molecule has 0 unspecified atom stereocenters. The van der Waals surface area contributed by atoms with Crippen LogP contribution in [0.1, 0.15) is 32.6 Å². The first kappa shape index (κ1) is 14.3. The van der Waals surface area contributed by atoms with Gasteiger partial charge in [0.15, 0.2) is 0 Å². The third-order valence-electron chi connectivity index (χ3n) is 1.99. The van der Waals surface area contributed by atoms with Crippen LogP contribution in [0.4, 0.5) is 0 Å². The van der Waals surface area contributed by atoms with Gasteiger partial charge in [-0.2, -0.15) is 11.8 Å². The summed E-state index contributed by atoms with van der Waals surface area (Å²) in [7, 11) is 0. The molecule has 0 aliphatic heterocycles. The molecule has 86 valence electrons. The van der Waals surface area contributed by atoms with E-state index >= 15 is 0 Å². The number of unbranched alkanes of at least 4 members (excludes halogenated alkanes) is 1. The van der Waals surface area contributed by atoms with Gasteiger partial charge in [0.05, 0.1) is 0 Å². The van der Waals surface area contributed by atoms with Gasteiger partial charge in [-0.15, -0.1) is 0 Å². The fourth-order valence-electron chi connectivity index (χ4n) is 1.11. The lowest BCUT2D eigenvalue weighted by atomic mass is 10.3. The van der Waals surface area contributed by atoms with E-state index in [9.17, 15) is 0 Å². The van der Waals surface area contributed by atoms with Crippen molar-refractivity contribution in [3.63, 3.8) is 0 Å². The molecule has 0 aliphatic carbocycles. The van der Waals surface area contributed by atoms with E-state index in [1.54, 1.807) is 0 Å². The molecule has 0 spiro atoms. The lowest BCUT2D eigenvalue weighted by Gasteiger charge is -2.04. The lowest BCUT2D eigenvalue weighted by molar-refractivity contribution is 0.129. The first-order chi connectivity index (χ1) is 6.91. The van der Waals surface area contributed by atoms with E-state index in [4.69, 9.17) is 4.74 Å². The van der Waals surface area contributed by atoms with Crippen LogP contribution in [-0.4, -0.2) is 38.3 Å². The number of hydrogen-bond acceptors (Lipinski definition) is 3. The quantitative estimate of drug-likeness (QED) is 0.540. The molecule has 0 heterocycles. The van der Waals surface area contributed by atoms with E-state index in [-0.39, 0.29) is 0 Å². The van der Waals surface area contributed by atoms with E-state index in [1.807, 2.05) is 11.8 Å². The Labute approximate surface area is 93.2 Å². The molecule has 0 saturated heterocycles. The summed E-state index contributed by atoms with van der Waals surface area (Å²) in [4.78, 5) is 0. The van der Waals surface area contributed by atoms with Gasteiger partial charge in [0, 0.05) is 13.2 Å². The Balaban J connectivity index is 2.78. The summed E-state index contributed by atoms with van der Waals surface area (Å²) in [6.07, 6.45) is 7.00. The Morgan fingerprint density at radius 2 is 1.79 bits per heavy atom. The molecule has 0 fully saturated rings. The molecule has 0 amide bonds. The van der Waals surface area contributed by atoms with E-state index in [0.717, 1.165) is 32.7 Å². The van der Waals surface area contributed by atoms with E-state index in [1.165, 1.54) is 25.0 Å². The molecule has 0 radical (unpaired) electrons. The van der Waals surface area contributed by atoms with E-state index in [0.29, 0.717) is 0 Å². The van der Waals surface area contributed by atoms with Crippen LogP contribution in [0.25, 0.3) is 0 Å². The molecule has 14 heavy (non-hydrogen) atoms. The van der Waals surface area contributed by atoms with Gasteiger partial charge in [0.2, 0.25) is 0 Å². The molecular weight excluding hydrogens is 194 g/mol. The summed E-state index contributed by atoms with van der Waals surface area (Å²) in [6, 6.07) is 0. The standard InChI is InChI=1S/C11H25NOS/c1-3-4-9-13-10-5-7-12-8-6-11-14-2/h12H,3-11H2,1-2H3. The van der Waals surface area contributed by atoms with Crippen molar-refractivity contribution in [1.29, 1.82) is 0 Å². The number of ether oxygens (including phenoxy) is 1. The molecule has 2 nitrogen and oxygen atoms in total. The van der Waals surface area contributed by atoms with Crippen molar-refractivity contribution in [3.8, 4) is 0 Å². The molecule has 0 atom stereocenters. The summed E-state index contributed by atoms with van der Waals surface area (Å²) in [5, 5.41) is 3.42. The summed E-state index contributed by atoms with van der Waals surface area (Å²) in [6.45, 7) is 6.28. The zero-order chi connectivity index (χ0) is 10.5. The first-order valence-corrected chi connectivity index (χ1v) is 7.08. The Kier molecular flexibility index (Phi) is 13.5. The maximum absolute atomic E-state index is 5.46. The molecule has 0 aliphatic rings. The first-order valence-electron chi connectivity index (χ1n) is 5.69. The van der Waals surface area contributed by atoms with Crippen LogP contribution < -0.4 is 5.32 Å². The fraction of sp³-hybridized carbons (Fsp3) is 1.00. The maximum atomic E-state index is 5.46. The van der Waals surface area contributed by atoms with Crippen LogP contribution in [0.3, 0.4) is 0 Å². The highest BCUT2D eigenvalue weighted by molar-refractivity contribution is 7.98. The minimum absolute atomic E-state index is 0.912. The molecule has 0 aromatic heterocycles. The average Bonchev–Trinajstić information content (AvgIpc) is 2.21. The zero-order valence-electron chi connectivity index (χ0n) is 9.68. The number of thioether (sulfide) groups is 1. The average molecular weight is 219 g/mol. The second-order valence-corrected chi connectivity index (χ2v) is 4.40. The third-order valence-corrected chi connectivity index (χ3v) is 2.68. The summed E-state index contributed by atoms with van der Waals surface area (Å²) >= 11 is 1.91. The Hall–Kier alpha value is 0.270. The Bertz CT molecular complexity index is 89.3. The molecule has 0 aromatic rings. The van der Waals surface area contributed by atoms with Crippen molar-refractivity contribution in [3.05, 3.63) is 0 Å². The minimum atomic E-state index is 0.912. The molecule has 0 aromatic carbocycles. The smallest absolute Gasteiger partial charge is 0.0478 e. The van der Waals surface area contributed by atoms with Gasteiger partial charge in [-0.25, -0.2) is 0 Å². The SMILES string of the molecule is CCCCOCCCNCCCSC. The number of rotatable bonds is 11. The normalized spacial score (nSPS) is 10.7. The second kappa shape index (κ2) is 13.3. The second-order valence-electron chi connectivity index (χ2n) is 3.42. The van der Waals surface area contributed by atoms with Gasteiger partial charge in [0.25, 0.3) is 0 Å². The molecular formula is C11H25NOS. The predicted molar refractivity (Wildman–Crippen MR) is 66.2 cm³/mol. The van der Waals surface area contributed by atoms with Gasteiger partial charge in [-0.05, 0) is 44.4 Å². The monoisotopic (exact) mass is 219 g/mol.